The van der Waals surface area contributed by atoms with Crippen LogP contribution in [0, 0.1) is 13.8 Å². The standard InChI is InChI=1S/C34H41NO4S2Se/c1-4-5-6-7-9-12-21-38-22-13-10-8-11-20-35-33(36)30-24(3)39-32(31(30)34(35)37)27-17-16-26(41-27)29-19-18-28(42-29)25-15-14-23(2)40-25/h14-19H,4-13,20-22H2,1-3H3. The molecular weight excluding hydrogens is 629 g/mol. The Morgan fingerprint density at radius 3 is 2.00 bits per heavy atom. The van der Waals surface area contributed by atoms with E-state index in [9.17, 15) is 9.59 Å². The molecule has 1 aliphatic rings. The number of carbonyl (C=O) groups is 2. The number of furan rings is 1. The maximum atomic E-state index is 13.4. The van der Waals surface area contributed by atoms with Crippen LogP contribution in [0.1, 0.15) is 102 Å². The van der Waals surface area contributed by atoms with E-state index in [0.717, 1.165) is 50.2 Å². The number of hydrogen-bond acceptors (Lipinski definition) is 6. The zero-order chi connectivity index (χ0) is 29.5. The Kier molecular flexibility index (Phi) is 11.1. The summed E-state index contributed by atoms with van der Waals surface area (Å²) in [5.74, 6) is 0.624. The van der Waals surface area contributed by atoms with Crippen LogP contribution in [0.15, 0.2) is 40.8 Å². The summed E-state index contributed by atoms with van der Waals surface area (Å²) in [5, 5.41) is 0. The van der Waals surface area contributed by atoms with E-state index in [1.54, 1.807) is 18.3 Å². The van der Waals surface area contributed by atoms with Crippen LogP contribution in [0.25, 0.3) is 29.3 Å². The van der Waals surface area contributed by atoms with Crippen LogP contribution < -0.4 is 0 Å². The van der Waals surface area contributed by atoms with Gasteiger partial charge < -0.3 is 4.74 Å². The molecule has 0 aromatic carbocycles. The minimum atomic E-state index is -0.222. The molecule has 0 saturated heterocycles. The Balaban J connectivity index is 1.11. The molecule has 5 heterocycles. The molecule has 8 heteroatoms. The van der Waals surface area contributed by atoms with Gasteiger partial charge in [0.1, 0.15) is 0 Å². The number of ether oxygens (including phenoxy) is 1. The van der Waals surface area contributed by atoms with Crippen LogP contribution in [-0.2, 0) is 4.74 Å². The Morgan fingerprint density at radius 1 is 0.714 bits per heavy atom. The summed E-state index contributed by atoms with van der Waals surface area (Å²) >= 11 is 3.72. The molecule has 0 N–H and O–H groups in total. The van der Waals surface area contributed by atoms with Gasteiger partial charge in [0.2, 0.25) is 0 Å². The van der Waals surface area contributed by atoms with E-state index >= 15 is 0 Å². The van der Waals surface area contributed by atoms with Crippen LogP contribution >= 0.6 is 22.7 Å². The van der Waals surface area contributed by atoms with Gasteiger partial charge >= 0.3 is 195 Å². The second-order valence-corrected chi connectivity index (χ2v) is 15.7. The van der Waals surface area contributed by atoms with Crippen molar-refractivity contribution in [2.75, 3.05) is 19.8 Å². The van der Waals surface area contributed by atoms with E-state index < -0.39 is 0 Å². The third-order valence-corrected chi connectivity index (χ3v) is 12.9. The molecule has 0 spiro atoms. The maximum absolute atomic E-state index is 13.4. The number of imide groups is 1. The molecule has 5 rings (SSSR count). The van der Waals surface area contributed by atoms with Crippen molar-refractivity contribution in [3.05, 3.63) is 58.2 Å². The second-order valence-electron chi connectivity index (χ2n) is 11.0. The summed E-state index contributed by atoms with van der Waals surface area (Å²) in [5.41, 5.74) is 0.877. The first-order valence-electron chi connectivity index (χ1n) is 15.3. The Hall–Kier alpha value is -2.22. The van der Waals surface area contributed by atoms with E-state index in [0.29, 0.717) is 29.2 Å². The summed E-state index contributed by atoms with van der Waals surface area (Å²) < 4.78 is 14.6. The molecule has 0 fully saturated rings. The monoisotopic (exact) mass is 671 g/mol. The quantitative estimate of drug-likeness (QED) is 0.0638. The topological polar surface area (TPSA) is 59.8 Å². The van der Waals surface area contributed by atoms with E-state index in [1.807, 2.05) is 17.4 Å². The minimum absolute atomic E-state index is 0.219. The second kappa shape index (κ2) is 15.0. The van der Waals surface area contributed by atoms with Gasteiger partial charge in [-0.05, 0) is 12.8 Å². The van der Waals surface area contributed by atoms with Gasteiger partial charge in [-0.2, -0.15) is 0 Å². The summed E-state index contributed by atoms with van der Waals surface area (Å²) in [7, 11) is 0. The fraction of sp³-hybridized carbons (Fsp3) is 0.471. The Bertz CT molecular complexity index is 1490. The summed E-state index contributed by atoms with van der Waals surface area (Å²) in [4.78, 5) is 32.8. The fourth-order valence-corrected chi connectivity index (χ4v) is 9.86. The average Bonchev–Trinajstić information content (AvgIpc) is 3.80. The third-order valence-electron chi connectivity index (χ3n) is 7.73. The molecule has 1 aliphatic heterocycles. The summed E-state index contributed by atoms with van der Waals surface area (Å²) in [6.45, 7) is 8.27. The predicted octanol–water partition coefficient (Wildman–Crippen LogP) is 9.61. The normalized spacial score (nSPS) is 13.1. The van der Waals surface area contributed by atoms with E-state index in [4.69, 9.17) is 9.15 Å². The van der Waals surface area contributed by atoms with Gasteiger partial charge in [-0.15, -0.1) is 0 Å². The molecule has 2 amide bonds. The fourth-order valence-electron chi connectivity index (χ4n) is 5.42. The van der Waals surface area contributed by atoms with Crippen LogP contribution in [0.2, 0.25) is 0 Å². The van der Waals surface area contributed by atoms with Crippen LogP contribution in [0.4, 0.5) is 0 Å². The first-order chi connectivity index (χ1) is 20.5. The van der Waals surface area contributed by atoms with Crippen molar-refractivity contribution in [1.29, 1.82) is 0 Å². The molecular formula is C34H41NO4S2Se. The van der Waals surface area contributed by atoms with Crippen LogP contribution in [0.5, 0.6) is 0 Å². The Labute approximate surface area is 263 Å². The summed E-state index contributed by atoms with van der Waals surface area (Å²) in [6, 6.07) is 13.0. The number of fused-ring (bicyclic) bond motifs is 1. The Morgan fingerprint density at radius 2 is 1.31 bits per heavy atom. The van der Waals surface area contributed by atoms with Crippen molar-refractivity contribution in [3.8, 4) is 29.3 Å². The van der Waals surface area contributed by atoms with Gasteiger partial charge in [0.15, 0.2) is 0 Å². The SMILES string of the molecule is CCCCCCCCOCCCCCCN1C(=O)c2c(C)oc(-c3ccc(-c4ccc(-c5ccc(C)s5)[se]4)s3)c2C1=O. The molecule has 5 nitrogen and oxygen atoms in total. The van der Waals surface area contributed by atoms with Gasteiger partial charge in [0.05, 0.1) is 0 Å². The van der Waals surface area contributed by atoms with Crippen molar-refractivity contribution in [1.82, 2.24) is 4.90 Å². The number of nitrogens with zero attached hydrogens (tertiary/aromatic N) is 1. The molecule has 0 atom stereocenters. The molecule has 0 aliphatic carbocycles. The molecule has 224 valence electrons. The van der Waals surface area contributed by atoms with Crippen LogP contribution in [0.3, 0.4) is 0 Å². The average molecular weight is 671 g/mol. The number of unbranched alkanes of at least 4 members (excludes halogenated alkanes) is 8. The predicted molar refractivity (Wildman–Crippen MR) is 175 cm³/mol. The molecule has 0 unspecified atom stereocenters. The molecule has 4 aromatic rings. The molecule has 0 saturated carbocycles. The first kappa shape index (κ1) is 31.2. The van der Waals surface area contributed by atoms with E-state index in [2.05, 4.69) is 44.2 Å². The number of thiophene rings is 2. The van der Waals surface area contributed by atoms with Crippen molar-refractivity contribution < 1.29 is 18.7 Å². The van der Waals surface area contributed by atoms with Gasteiger partial charge in [0, 0.05) is 13.2 Å². The summed E-state index contributed by atoms with van der Waals surface area (Å²) in [6.07, 6.45) is 11.5. The first-order valence-corrected chi connectivity index (χ1v) is 18.7. The van der Waals surface area contributed by atoms with Crippen molar-refractivity contribution in [2.24, 2.45) is 0 Å². The zero-order valence-corrected chi connectivity index (χ0v) is 28.3. The van der Waals surface area contributed by atoms with Crippen LogP contribution in [-0.4, -0.2) is 51.0 Å². The number of rotatable bonds is 17. The van der Waals surface area contributed by atoms with Crippen molar-refractivity contribution >= 4 is 49.0 Å². The molecule has 42 heavy (non-hydrogen) atoms. The van der Waals surface area contributed by atoms with Gasteiger partial charge in [-0.3, -0.25) is 0 Å². The van der Waals surface area contributed by atoms with Gasteiger partial charge in [0.25, 0.3) is 0 Å². The molecule has 0 radical (unpaired) electrons. The van der Waals surface area contributed by atoms with Crippen molar-refractivity contribution in [3.63, 3.8) is 0 Å². The molecule has 4 aromatic heterocycles. The number of carbonyl (C=O) groups excluding carboxylic acids is 2. The number of aryl methyl sites for hydroxylation is 2. The van der Waals surface area contributed by atoms with E-state index in [-0.39, 0.29) is 26.3 Å². The van der Waals surface area contributed by atoms with Gasteiger partial charge in [-0.1, -0.05) is 39.0 Å². The third kappa shape index (κ3) is 7.28. The number of hydrogen-bond donors (Lipinski definition) is 0. The van der Waals surface area contributed by atoms with E-state index in [1.165, 1.54) is 60.5 Å². The van der Waals surface area contributed by atoms with Crippen molar-refractivity contribution in [2.45, 2.75) is 85.0 Å². The number of amides is 2. The van der Waals surface area contributed by atoms with Gasteiger partial charge in [-0.25, -0.2) is 0 Å². The molecule has 0 bridgehead atoms. The zero-order valence-electron chi connectivity index (χ0n) is 25.0.